The van der Waals surface area contributed by atoms with Crippen molar-refractivity contribution in [3.63, 3.8) is 0 Å². The van der Waals surface area contributed by atoms with Gasteiger partial charge in [-0.3, -0.25) is 9.40 Å². The van der Waals surface area contributed by atoms with Gasteiger partial charge in [-0.05, 0) is 36.4 Å². The van der Waals surface area contributed by atoms with Crippen LogP contribution in [0.5, 0.6) is 5.75 Å². The molecule has 2 aromatic carbocycles. The molecule has 176 valence electrons. The number of sulfonamides is 1. The van der Waals surface area contributed by atoms with E-state index in [-0.39, 0.29) is 10.7 Å². The quantitative estimate of drug-likeness (QED) is 0.450. The van der Waals surface area contributed by atoms with Crippen LogP contribution >= 0.6 is 0 Å². The number of hydrogen-bond acceptors (Lipinski definition) is 8. The lowest BCUT2D eigenvalue weighted by molar-refractivity contribution is 0.415. The topological polar surface area (TPSA) is 105 Å². The van der Waals surface area contributed by atoms with Crippen molar-refractivity contribution in [2.75, 3.05) is 47.8 Å². The molecule has 10 nitrogen and oxygen atoms in total. The minimum absolute atomic E-state index is 0.0697. The normalized spacial score (nSPS) is 14.4. The van der Waals surface area contributed by atoms with E-state index in [2.05, 4.69) is 24.6 Å². The largest absolute Gasteiger partial charge is 0.497 e. The molecule has 1 aliphatic heterocycles. The lowest BCUT2D eigenvalue weighted by atomic mass is 10.2. The van der Waals surface area contributed by atoms with E-state index in [1.54, 1.807) is 14.2 Å². The van der Waals surface area contributed by atoms with E-state index in [0.29, 0.717) is 29.9 Å². The summed E-state index contributed by atoms with van der Waals surface area (Å²) >= 11 is 0. The van der Waals surface area contributed by atoms with Crippen LogP contribution in [0.2, 0.25) is 0 Å². The predicted octanol–water partition coefficient (Wildman–Crippen LogP) is 2.50. The molecule has 1 saturated heterocycles. The maximum absolute atomic E-state index is 13.0. The van der Waals surface area contributed by atoms with Crippen LogP contribution < -0.4 is 19.3 Å². The van der Waals surface area contributed by atoms with Crippen LogP contribution in [-0.2, 0) is 17.1 Å². The fourth-order valence-corrected chi connectivity index (χ4v) is 4.96. The Morgan fingerprint density at radius 1 is 0.912 bits per heavy atom. The molecule has 1 aliphatic rings. The van der Waals surface area contributed by atoms with Gasteiger partial charge in [0.15, 0.2) is 11.6 Å². The van der Waals surface area contributed by atoms with Crippen molar-refractivity contribution < 1.29 is 13.2 Å². The average Bonchev–Trinajstić information content (AvgIpc) is 3.31. The first-order valence-corrected chi connectivity index (χ1v) is 12.3. The number of nitrogens with one attached hydrogen (secondary N) is 1. The summed E-state index contributed by atoms with van der Waals surface area (Å²) < 4.78 is 35.3. The molecule has 0 radical (unpaired) electrons. The van der Waals surface area contributed by atoms with Crippen molar-refractivity contribution in [1.82, 2.24) is 19.7 Å². The Morgan fingerprint density at radius 3 is 2.18 bits per heavy atom. The third-order valence-corrected chi connectivity index (χ3v) is 7.08. The summed E-state index contributed by atoms with van der Waals surface area (Å²) in [7, 11) is -0.547. The molecule has 0 aliphatic carbocycles. The monoisotopic (exact) mass is 479 g/mol. The standard InChI is InChI=1S/C23H25N7O3S/c1-28-16-19(15-24-28)34(31,32)27-22-23(26-21-6-4-3-5-20(21)25-22)30-13-11-29(12-14-30)17-7-9-18(33-2)10-8-17/h3-10,15-16H,11-14H2,1-2H3,(H,25,27). The molecular formula is C23H25N7O3S. The summed E-state index contributed by atoms with van der Waals surface area (Å²) in [5.41, 5.74) is 2.44. The third-order valence-electron chi connectivity index (χ3n) is 5.79. The molecule has 34 heavy (non-hydrogen) atoms. The number of fused-ring (bicyclic) bond motifs is 1. The van der Waals surface area contributed by atoms with Crippen LogP contribution in [0.15, 0.2) is 65.8 Å². The van der Waals surface area contributed by atoms with Crippen molar-refractivity contribution in [1.29, 1.82) is 0 Å². The molecular weight excluding hydrogens is 454 g/mol. The lowest BCUT2D eigenvalue weighted by Gasteiger charge is -2.37. The number of benzene rings is 2. The summed E-state index contributed by atoms with van der Waals surface area (Å²) in [4.78, 5) is 13.8. The maximum atomic E-state index is 13.0. The number of aryl methyl sites for hydroxylation is 1. The number of piperazine rings is 1. The highest BCUT2D eigenvalue weighted by Crippen LogP contribution is 2.29. The number of aromatic nitrogens is 4. The fourth-order valence-electron chi connectivity index (χ4n) is 3.97. The van der Waals surface area contributed by atoms with E-state index in [1.807, 2.05) is 48.5 Å². The lowest BCUT2D eigenvalue weighted by Crippen LogP contribution is -2.47. The minimum Gasteiger partial charge on any atom is -0.497 e. The zero-order valence-corrected chi connectivity index (χ0v) is 19.7. The third kappa shape index (κ3) is 4.34. The summed E-state index contributed by atoms with van der Waals surface area (Å²) in [5, 5.41) is 3.97. The molecule has 2 aromatic heterocycles. The van der Waals surface area contributed by atoms with E-state index in [0.717, 1.165) is 24.5 Å². The first kappa shape index (κ1) is 22.0. The number of para-hydroxylation sites is 2. The van der Waals surface area contributed by atoms with Gasteiger partial charge in [-0.25, -0.2) is 18.4 Å². The number of methoxy groups -OCH3 is 1. The van der Waals surface area contributed by atoms with Crippen LogP contribution in [-0.4, -0.2) is 61.5 Å². The number of rotatable bonds is 6. The smallest absolute Gasteiger partial charge is 0.266 e. The first-order chi connectivity index (χ1) is 16.4. The number of anilines is 3. The van der Waals surface area contributed by atoms with Gasteiger partial charge in [-0.2, -0.15) is 5.10 Å². The Bertz CT molecular complexity index is 1410. The zero-order valence-electron chi connectivity index (χ0n) is 18.9. The second kappa shape index (κ2) is 8.82. The van der Waals surface area contributed by atoms with Crippen LogP contribution in [0.1, 0.15) is 0 Å². The highest BCUT2D eigenvalue weighted by molar-refractivity contribution is 7.92. The van der Waals surface area contributed by atoms with Crippen LogP contribution in [0.4, 0.5) is 17.3 Å². The summed E-state index contributed by atoms with van der Waals surface area (Å²) in [6.45, 7) is 2.85. The Kier molecular flexibility index (Phi) is 5.70. The van der Waals surface area contributed by atoms with Gasteiger partial charge in [-0.15, -0.1) is 0 Å². The van der Waals surface area contributed by atoms with Gasteiger partial charge < -0.3 is 14.5 Å². The Hall–Kier alpha value is -3.86. The summed E-state index contributed by atoms with van der Waals surface area (Å²) in [5.74, 6) is 1.54. The van der Waals surface area contributed by atoms with Gasteiger partial charge >= 0.3 is 0 Å². The predicted molar refractivity (Wildman–Crippen MR) is 131 cm³/mol. The Labute approximate surface area is 197 Å². The molecule has 4 aromatic rings. The number of hydrogen-bond donors (Lipinski definition) is 1. The molecule has 0 atom stereocenters. The SMILES string of the molecule is COc1ccc(N2CCN(c3nc4ccccc4nc3NS(=O)(=O)c3cnn(C)c3)CC2)cc1. The number of nitrogens with zero attached hydrogens (tertiary/aromatic N) is 6. The van der Waals surface area contributed by atoms with Crippen molar-refractivity contribution in [3.8, 4) is 5.75 Å². The van der Waals surface area contributed by atoms with Crippen LogP contribution in [0.3, 0.4) is 0 Å². The van der Waals surface area contributed by atoms with Crippen molar-refractivity contribution in [3.05, 3.63) is 60.9 Å². The number of ether oxygens (including phenoxy) is 1. The molecule has 1 fully saturated rings. The molecule has 0 amide bonds. The van der Waals surface area contributed by atoms with E-state index >= 15 is 0 Å². The molecule has 3 heterocycles. The van der Waals surface area contributed by atoms with E-state index in [9.17, 15) is 8.42 Å². The van der Waals surface area contributed by atoms with Crippen molar-refractivity contribution >= 4 is 38.4 Å². The van der Waals surface area contributed by atoms with Gasteiger partial charge in [0, 0.05) is 45.1 Å². The van der Waals surface area contributed by atoms with Crippen LogP contribution in [0.25, 0.3) is 11.0 Å². The highest BCUT2D eigenvalue weighted by atomic mass is 32.2. The van der Waals surface area contributed by atoms with Gasteiger partial charge in [0.2, 0.25) is 0 Å². The second-order valence-electron chi connectivity index (χ2n) is 8.01. The van der Waals surface area contributed by atoms with Gasteiger partial charge in [0.1, 0.15) is 10.6 Å². The average molecular weight is 480 g/mol. The van der Waals surface area contributed by atoms with Gasteiger partial charge in [0.25, 0.3) is 10.0 Å². The van der Waals surface area contributed by atoms with Crippen LogP contribution in [0, 0.1) is 0 Å². The highest BCUT2D eigenvalue weighted by Gasteiger charge is 2.25. The van der Waals surface area contributed by atoms with Gasteiger partial charge in [0.05, 0.1) is 24.3 Å². The Morgan fingerprint density at radius 2 is 1.56 bits per heavy atom. The summed E-state index contributed by atoms with van der Waals surface area (Å²) in [6, 6.07) is 15.4. The second-order valence-corrected chi connectivity index (χ2v) is 9.69. The van der Waals surface area contributed by atoms with E-state index < -0.39 is 10.0 Å². The van der Waals surface area contributed by atoms with Crippen molar-refractivity contribution in [2.24, 2.45) is 7.05 Å². The Balaban J connectivity index is 1.43. The van der Waals surface area contributed by atoms with E-state index in [4.69, 9.17) is 9.72 Å². The van der Waals surface area contributed by atoms with Gasteiger partial charge in [-0.1, -0.05) is 12.1 Å². The van der Waals surface area contributed by atoms with Crippen molar-refractivity contribution in [2.45, 2.75) is 4.90 Å². The molecule has 0 unspecified atom stereocenters. The fraction of sp³-hybridized carbons (Fsp3) is 0.261. The maximum Gasteiger partial charge on any atom is 0.266 e. The molecule has 0 spiro atoms. The van der Waals surface area contributed by atoms with E-state index in [1.165, 1.54) is 17.1 Å². The minimum atomic E-state index is -3.87. The molecule has 5 rings (SSSR count). The zero-order chi connectivity index (χ0) is 23.7. The molecule has 0 bridgehead atoms. The first-order valence-electron chi connectivity index (χ1n) is 10.9. The summed E-state index contributed by atoms with van der Waals surface area (Å²) in [6.07, 6.45) is 2.76. The molecule has 1 N–H and O–H groups in total. The molecule has 0 saturated carbocycles. The molecule has 11 heteroatoms.